The van der Waals surface area contributed by atoms with Gasteiger partial charge in [0.05, 0.1) is 5.52 Å². The smallest absolute Gasteiger partial charge is 0.159 e. The van der Waals surface area contributed by atoms with Crippen LogP contribution in [0.1, 0.15) is 5.56 Å². The van der Waals surface area contributed by atoms with Crippen LogP contribution in [-0.4, -0.2) is 14.5 Å². The van der Waals surface area contributed by atoms with Gasteiger partial charge in [-0.15, -0.1) is 0 Å². The summed E-state index contributed by atoms with van der Waals surface area (Å²) in [5, 5.41) is 3.66. The predicted molar refractivity (Wildman–Crippen MR) is 124 cm³/mol. The van der Waals surface area contributed by atoms with Crippen molar-refractivity contribution in [2.45, 2.75) is 6.54 Å². The van der Waals surface area contributed by atoms with Gasteiger partial charge in [-0.3, -0.25) is 0 Å². The van der Waals surface area contributed by atoms with Crippen molar-refractivity contribution in [2.75, 3.05) is 0 Å². The third-order valence-corrected chi connectivity index (χ3v) is 5.72. The fourth-order valence-electron chi connectivity index (χ4n) is 4.23. The summed E-state index contributed by atoms with van der Waals surface area (Å²) in [6.45, 7) is 0.826. The summed E-state index contributed by atoms with van der Waals surface area (Å²) in [5.74, 6) is 0.761. The van der Waals surface area contributed by atoms with Gasteiger partial charge in [0.15, 0.2) is 5.82 Å². The largest absolute Gasteiger partial charge is 0.336 e. The zero-order valence-corrected chi connectivity index (χ0v) is 16.4. The Morgan fingerprint density at radius 1 is 0.633 bits per heavy atom. The average molecular weight is 385 g/mol. The standard InChI is InChI=1S/C27H19N3/c1-4-10-24-21(7-1)17-28-27(29-24)20-15-13-19(14-16-20)18-30-25-11-5-2-8-22(25)23-9-3-6-12-26(23)30/h1-17H,18H2. The van der Waals surface area contributed by atoms with E-state index in [9.17, 15) is 0 Å². The third kappa shape index (κ3) is 2.75. The van der Waals surface area contributed by atoms with Gasteiger partial charge < -0.3 is 4.57 Å². The van der Waals surface area contributed by atoms with Crippen LogP contribution in [0.3, 0.4) is 0 Å². The Morgan fingerprint density at radius 3 is 2.00 bits per heavy atom. The van der Waals surface area contributed by atoms with Gasteiger partial charge in [0.25, 0.3) is 0 Å². The maximum Gasteiger partial charge on any atom is 0.159 e. The van der Waals surface area contributed by atoms with Crippen LogP contribution in [-0.2, 0) is 6.54 Å². The number of fused-ring (bicyclic) bond motifs is 4. The Hall–Kier alpha value is -3.98. The van der Waals surface area contributed by atoms with Crippen molar-refractivity contribution in [3.63, 3.8) is 0 Å². The van der Waals surface area contributed by atoms with Crippen molar-refractivity contribution in [3.05, 3.63) is 109 Å². The zero-order valence-electron chi connectivity index (χ0n) is 16.4. The predicted octanol–water partition coefficient (Wildman–Crippen LogP) is 6.45. The van der Waals surface area contributed by atoms with Crippen LogP contribution in [0.2, 0.25) is 0 Å². The van der Waals surface area contributed by atoms with Crippen LogP contribution >= 0.6 is 0 Å². The zero-order chi connectivity index (χ0) is 19.9. The second-order valence-electron chi connectivity index (χ2n) is 7.57. The van der Waals surface area contributed by atoms with Gasteiger partial charge in [0.1, 0.15) is 0 Å². The molecule has 2 heterocycles. The molecule has 0 aliphatic rings. The lowest BCUT2D eigenvalue weighted by Crippen LogP contribution is -1.99. The van der Waals surface area contributed by atoms with Gasteiger partial charge in [-0.25, -0.2) is 9.97 Å². The Bertz CT molecular complexity index is 1460. The van der Waals surface area contributed by atoms with Gasteiger partial charge in [0, 0.05) is 45.5 Å². The van der Waals surface area contributed by atoms with E-state index < -0.39 is 0 Å². The van der Waals surface area contributed by atoms with Gasteiger partial charge in [-0.2, -0.15) is 0 Å². The van der Waals surface area contributed by atoms with E-state index in [4.69, 9.17) is 4.98 Å². The second-order valence-corrected chi connectivity index (χ2v) is 7.57. The van der Waals surface area contributed by atoms with E-state index in [1.165, 1.54) is 27.4 Å². The molecular formula is C27H19N3. The molecule has 3 nitrogen and oxygen atoms in total. The molecule has 0 spiro atoms. The maximum atomic E-state index is 4.72. The molecule has 142 valence electrons. The first-order valence-corrected chi connectivity index (χ1v) is 10.1. The van der Waals surface area contributed by atoms with Gasteiger partial charge in [-0.05, 0) is 23.8 Å². The minimum Gasteiger partial charge on any atom is -0.336 e. The molecule has 0 aliphatic carbocycles. The third-order valence-electron chi connectivity index (χ3n) is 5.72. The molecule has 6 aromatic rings. The summed E-state index contributed by atoms with van der Waals surface area (Å²) in [5.41, 5.74) is 5.79. The highest BCUT2D eigenvalue weighted by Crippen LogP contribution is 2.29. The number of hydrogen-bond donors (Lipinski definition) is 0. The molecule has 0 aliphatic heterocycles. The lowest BCUT2D eigenvalue weighted by atomic mass is 10.1. The first-order chi connectivity index (χ1) is 14.9. The molecule has 0 atom stereocenters. The molecule has 0 unspecified atom stereocenters. The molecule has 4 aromatic carbocycles. The van der Waals surface area contributed by atoms with Gasteiger partial charge >= 0.3 is 0 Å². The SMILES string of the molecule is c1ccc2nc(-c3ccc(Cn4c5ccccc5c5ccccc54)cc3)ncc2c1. The number of rotatable bonds is 3. The normalized spacial score (nSPS) is 11.5. The minimum atomic E-state index is 0.761. The van der Waals surface area contributed by atoms with E-state index in [1.54, 1.807) is 0 Å². The van der Waals surface area contributed by atoms with Gasteiger partial charge in [-0.1, -0.05) is 78.9 Å². The monoisotopic (exact) mass is 385 g/mol. The average Bonchev–Trinajstić information content (AvgIpc) is 3.13. The Morgan fingerprint density at radius 2 is 1.27 bits per heavy atom. The number of para-hydroxylation sites is 3. The van der Waals surface area contributed by atoms with Crippen molar-refractivity contribution in [1.29, 1.82) is 0 Å². The van der Waals surface area contributed by atoms with E-state index in [-0.39, 0.29) is 0 Å². The number of aromatic nitrogens is 3. The van der Waals surface area contributed by atoms with E-state index in [2.05, 4.69) is 82.3 Å². The lowest BCUT2D eigenvalue weighted by molar-refractivity contribution is 0.869. The Labute approximate surface area is 174 Å². The molecule has 0 fully saturated rings. The molecule has 0 amide bonds. The summed E-state index contributed by atoms with van der Waals surface area (Å²) < 4.78 is 2.40. The molecule has 0 saturated carbocycles. The maximum absolute atomic E-state index is 4.72. The molecule has 2 aromatic heterocycles. The van der Waals surface area contributed by atoms with E-state index >= 15 is 0 Å². The number of benzene rings is 4. The van der Waals surface area contributed by atoms with Crippen molar-refractivity contribution in [3.8, 4) is 11.4 Å². The molecule has 0 radical (unpaired) electrons. The first-order valence-electron chi connectivity index (χ1n) is 10.1. The quantitative estimate of drug-likeness (QED) is 0.350. The van der Waals surface area contributed by atoms with Crippen molar-refractivity contribution >= 4 is 32.7 Å². The molecule has 0 saturated heterocycles. The van der Waals surface area contributed by atoms with E-state index in [0.717, 1.165) is 28.8 Å². The molecule has 0 bridgehead atoms. The van der Waals surface area contributed by atoms with E-state index in [0.29, 0.717) is 0 Å². The molecule has 0 N–H and O–H groups in total. The molecule has 3 heteroatoms. The van der Waals surface area contributed by atoms with Crippen molar-refractivity contribution in [1.82, 2.24) is 14.5 Å². The Kier molecular flexibility index (Phi) is 3.85. The highest BCUT2D eigenvalue weighted by Gasteiger charge is 2.10. The van der Waals surface area contributed by atoms with Crippen LogP contribution in [0.15, 0.2) is 103 Å². The summed E-state index contributed by atoms with van der Waals surface area (Å²) in [7, 11) is 0. The topological polar surface area (TPSA) is 30.7 Å². The minimum absolute atomic E-state index is 0.761. The summed E-state index contributed by atoms with van der Waals surface area (Å²) in [4.78, 5) is 9.26. The number of nitrogens with zero attached hydrogens (tertiary/aromatic N) is 3. The van der Waals surface area contributed by atoms with Gasteiger partial charge in [0.2, 0.25) is 0 Å². The van der Waals surface area contributed by atoms with Crippen LogP contribution in [0.25, 0.3) is 44.1 Å². The van der Waals surface area contributed by atoms with Crippen LogP contribution < -0.4 is 0 Å². The lowest BCUT2D eigenvalue weighted by Gasteiger charge is -2.09. The second kappa shape index (κ2) is 6.82. The van der Waals surface area contributed by atoms with E-state index in [1.807, 2.05) is 30.5 Å². The fourth-order valence-corrected chi connectivity index (χ4v) is 4.23. The molecular weight excluding hydrogens is 366 g/mol. The fraction of sp³-hybridized carbons (Fsp3) is 0.0370. The highest BCUT2D eigenvalue weighted by atomic mass is 15.0. The summed E-state index contributed by atoms with van der Waals surface area (Å²) >= 11 is 0. The Balaban J connectivity index is 1.38. The van der Waals surface area contributed by atoms with Crippen molar-refractivity contribution < 1.29 is 0 Å². The molecule has 6 rings (SSSR count). The highest BCUT2D eigenvalue weighted by molar-refractivity contribution is 6.08. The van der Waals surface area contributed by atoms with Crippen molar-refractivity contribution in [2.24, 2.45) is 0 Å². The summed E-state index contributed by atoms with van der Waals surface area (Å²) in [6, 6.07) is 33.9. The van der Waals surface area contributed by atoms with Crippen LogP contribution in [0.5, 0.6) is 0 Å². The van der Waals surface area contributed by atoms with Crippen LogP contribution in [0.4, 0.5) is 0 Å². The van der Waals surface area contributed by atoms with Crippen LogP contribution in [0, 0.1) is 0 Å². The number of hydrogen-bond acceptors (Lipinski definition) is 2. The molecule has 30 heavy (non-hydrogen) atoms. The first kappa shape index (κ1) is 16.9. The summed E-state index contributed by atoms with van der Waals surface area (Å²) in [6.07, 6.45) is 1.89.